The van der Waals surface area contributed by atoms with Crippen molar-refractivity contribution in [1.29, 1.82) is 0 Å². The number of nitrogens with one attached hydrogen (secondary N) is 2. The van der Waals surface area contributed by atoms with Gasteiger partial charge in [-0.05, 0) is 76.1 Å². The second-order valence-corrected chi connectivity index (χ2v) is 9.28. The summed E-state index contributed by atoms with van der Waals surface area (Å²) in [7, 11) is 1.60. The fraction of sp³-hybridized carbons (Fsp3) is 0.400. The smallest absolute Gasteiger partial charge is 0.439 e. The van der Waals surface area contributed by atoms with Gasteiger partial charge in [0.05, 0.1) is 18.8 Å². The van der Waals surface area contributed by atoms with Gasteiger partial charge in [-0.3, -0.25) is 9.51 Å². The standard InChI is InChI=1S/C25H30N4O6/c1-25(2,3)34-24(31)29-13-5-6-17(29)15-26-20-12-7-16(22-27-23(30)35-28-22)14-21(20)33-19-10-8-18(32-4)9-11-19/h7-12,14,17,26H,5-6,13,15H2,1-4H3,(H,27,28,30)/t17-/m0/s1. The summed E-state index contributed by atoms with van der Waals surface area (Å²) in [4.78, 5) is 28.4. The average Bonchev–Trinajstić information content (AvgIpc) is 3.46. The molecule has 3 aromatic rings. The monoisotopic (exact) mass is 482 g/mol. The minimum absolute atomic E-state index is 0.00902. The molecular formula is C25H30N4O6. The quantitative estimate of drug-likeness (QED) is 0.500. The Kier molecular flexibility index (Phi) is 6.99. The molecule has 1 fully saturated rings. The van der Waals surface area contributed by atoms with Crippen LogP contribution in [0.4, 0.5) is 10.5 Å². The Bertz CT molecular complexity index is 1210. The zero-order valence-corrected chi connectivity index (χ0v) is 20.3. The molecule has 10 nitrogen and oxygen atoms in total. The number of aromatic nitrogens is 2. The lowest BCUT2D eigenvalue weighted by Gasteiger charge is -2.29. The molecule has 1 amide bonds. The molecular weight excluding hydrogens is 452 g/mol. The van der Waals surface area contributed by atoms with Crippen LogP contribution < -0.4 is 20.5 Å². The maximum Gasteiger partial charge on any atom is 0.439 e. The van der Waals surface area contributed by atoms with Gasteiger partial charge in [-0.1, -0.05) is 5.16 Å². The van der Waals surface area contributed by atoms with Crippen molar-refractivity contribution in [3.8, 4) is 28.6 Å². The third-order valence-corrected chi connectivity index (χ3v) is 5.52. The van der Waals surface area contributed by atoms with E-state index in [1.54, 1.807) is 48.4 Å². The molecule has 0 spiro atoms. The zero-order valence-electron chi connectivity index (χ0n) is 20.3. The molecule has 2 heterocycles. The van der Waals surface area contributed by atoms with E-state index in [-0.39, 0.29) is 12.1 Å². The molecule has 2 aromatic carbocycles. The molecule has 4 rings (SSSR count). The summed E-state index contributed by atoms with van der Waals surface area (Å²) in [6.07, 6.45) is 1.49. The van der Waals surface area contributed by atoms with Crippen LogP contribution in [-0.2, 0) is 4.74 Å². The lowest BCUT2D eigenvalue weighted by atomic mass is 10.1. The number of amides is 1. The third kappa shape index (κ3) is 6.14. The molecule has 1 saturated heterocycles. The molecule has 186 valence electrons. The number of likely N-dealkylation sites (tertiary alicyclic amines) is 1. The van der Waals surface area contributed by atoms with E-state index in [4.69, 9.17) is 14.2 Å². The number of anilines is 1. The van der Waals surface area contributed by atoms with Crippen LogP contribution in [0.3, 0.4) is 0 Å². The van der Waals surface area contributed by atoms with Crippen LogP contribution in [0, 0.1) is 0 Å². The second-order valence-electron chi connectivity index (χ2n) is 9.28. The summed E-state index contributed by atoms with van der Waals surface area (Å²) >= 11 is 0. The van der Waals surface area contributed by atoms with Gasteiger partial charge >= 0.3 is 11.8 Å². The van der Waals surface area contributed by atoms with Crippen molar-refractivity contribution in [2.75, 3.05) is 25.5 Å². The lowest BCUT2D eigenvalue weighted by Crippen LogP contribution is -2.42. The van der Waals surface area contributed by atoms with Crippen molar-refractivity contribution in [1.82, 2.24) is 15.0 Å². The van der Waals surface area contributed by atoms with Gasteiger partial charge in [0.25, 0.3) is 0 Å². The van der Waals surface area contributed by atoms with Crippen LogP contribution >= 0.6 is 0 Å². The van der Waals surface area contributed by atoms with Gasteiger partial charge in [0.1, 0.15) is 17.1 Å². The number of aromatic amines is 1. The van der Waals surface area contributed by atoms with Gasteiger partial charge in [-0.15, -0.1) is 0 Å². The third-order valence-electron chi connectivity index (χ3n) is 5.52. The molecule has 0 bridgehead atoms. The van der Waals surface area contributed by atoms with Gasteiger partial charge in [-0.2, -0.15) is 0 Å². The average molecular weight is 483 g/mol. The second kappa shape index (κ2) is 10.1. The van der Waals surface area contributed by atoms with E-state index < -0.39 is 11.4 Å². The van der Waals surface area contributed by atoms with Gasteiger partial charge in [-0.25, -0.2) is 9.59 Å². The van der Waals surface area contributed by atoms with Crippen LogP contribution in [0.1, 0.15) is 33.6 Å². The summed E-state index contributed by atoms with van der Waals surface area (Å²) in [5.74, 6) is 1.51. The molecule has 1 aromatic heterocycles. The fourth-order valence-electron chi connectivity index (χ4n) is 3.86. The molecule has 10 heteroatoms. The highest BCUT2D eigenvalue weighted by Gasteiger charge is 2.32. The molecule has 0 aliphatic carbocycles. The van der Waals surface area contributed by atoms with E-state index in [0.29, 0.717) is 41.7 Å². The number of methoxy groups -OCH3 is 1. The molecule has 1 atom stereocenters. The maximum absolute atomic E-state index is 12.6. The summed E-state index contributed by atoms with van der Waals surface area (Å²) in [6.45, 7) is 6.77. The first kappa shape index (κ1) is 24.2. The number of H-pyrrole nitrogens is 1. The first-order valence-electron chi connectivity index (χ1n) is 11.5. The summed E-state index contributed by atoms with van der Waals surface area (Å²) < 4.78 is 21.6. The Hall–Kier alpha value is -3.95. The van der Waals surface area contributed by atoms with E-state index in [1.165, 1.54) is 0 Å². The Morgan fingerprint density at radius 1 is 1.20 bits per heavy atom. The predicted molar refractivity (Wildman–Crippen MR) is 130 cm³/mol. The van der Waals surface area contributed by atoms with Crippen LogP contribution in [0.2, 0.25) is 0 Å². The fourth-order valence-corrected chi connectivity index (χ4v) is 3.86. The molecule has 35 heavy (non-hydrogen) atoms. The van der Waals surface area contributed by atoms with Crippen LogP contribution in [0.25, 0.3) is 11.4 Å². The van der Waals surface area contributed by atoms with Crippen molar-refractivity contribution in [2.45, 2.75) is 45.3 Å². The van der Waals surface area contributed by atoms with E-state index in [2.05, 4.69) is 20.0 Å². The van der Waals surface area contributed by atoms with E-state index >= 15 is 0 Å². The Morgan fingerprint density at radius 2 is 1.94 bits per heavy atom. The first-order valence-corrected chi connectivity index (χ1v) is 11.5. The van der Waals surface area contributed by atoms with Crippen LogP contribution in [-0.4, -0.2) is 53.0 Å². The van der Waals surface area contributed by atoms with Crippen molar-refractivity contribution in [3.05, 3.63) is 53.0 Å². The van der Waals surface area contributed by atoms with Gasteiger partial charge in [0.2, 0.25) is 0 Å². The Labute approximate surface area is 203 Å². The normalized spacial score (nSPS) is 15.7. The molecule has 1 aliphatic rings. The molecule has 0 radical (unpaired) electrons. The Balaban J connectivity index is 1.54. The summed E-state index contributed by atoms with van der Waals surface area (Å²) in [5, 5.41) is 7.18. The Morgan fingerprint density at radius 3 is 2.60 bits per heavy atom. The van der Waals surface area contributed by atoms with E-state index in [1.807, 2.05) is 26.8 Å². The SMILES string of the molecule is COc1ccc(Oc2cc(-c3noc(=O)[nH]3)ccc2NC[C@@H]2CCCN2C(=O)OC(C)(C)C)cc1. The number of nitrogens with zero attached hydrogens (tertiary/aromatic N) is 2. The number of ether oxygens (including phenoxy) is 3. The minimum Gasteiger partial charge on any atom is -0.497 e. The van der Waals surface area contributed by atoms with Gasteiger partial charge < -0.3 is 24.4 Å². The summed E-state index contributed by atoms with van der Waals surface area (Å²) in [6, 6.07) is 12.6. The molecule has 2 N–H and O–H groups in total. The highest BCUT2D eigenvalue weighted by Crippen LogP contribution is 2.34. The molecule has 1 aliphatic heterocycles. The zero-order chi connectivity index (χ0) is 25.0. The maximum atomic E-state index is 12.6. The number of rotatable bonds is 7. The molecule has 0 unspecified atom stereocenters. The van der Waals surface area contributed by atoms with Crippen LogP contribution in [0.15, 0.2) is 51.8 Å². The molecule has 0 saturated carbocycles. The minimum atomic E-state index is -0.636. The highest BCUT2D eigenvalue weighted by molar-refractivity contribution is 5.70. The van der Waals surface area contributed by atoms with Crippen molar-refractivity contribution < 1.29 is 23.5 Å². The number of hydrogen-bond donors (Lipinski definition) is 2. The van der Waals surface area contributed by atoms with E-state index in [9.17, 15) is 9.59 Å². The van der Waals surface area contributed by atoms with Crippen molar-refractivity contribution in [3.63, 3.8) is 0 Å². The van der Waals surface area contributed by atoms with Gasteiger partial charge in [0, 0.05) is 18.7 Å². The number of hydrogen-bond acceptors (Lipinski definition) is 8. The van der Waals surface area contributed by atoms with Crippen molar-refractivity contribution in [2.24, 2.45) is 0 Å². The lowest BCUT2D eigenvalue weighted by molar-refractivity contribution is 0.0235. The first-order chi connectivity index (χ1) is 16.7. The van der Waals surface area contributed by atoms with E-state index in [0.717, 1.165) is 18.5 Å². The number of carbonyl (C=O) groups is 1. The largest absolute Gasteiger partial charge is 0.497 e. The van der Waals surface area contributed by atoms with Crippen LogP contribution in [0.5, 0.6) is 17.2 Å². The number of carbonyl (C=O) groups excluding carboxylic acids is 1. The predicted octanol–water partition coefficient (Wildman–Crippen LogP) is 4.64. The number of benzene rings is 2. The summed E-state index contributed by atoms with van der Waals surface area (Å²) in [5.41, 5.74) is 0.808. The van der Waals surface area contributed by atoms with Gasteiger partial charge in [0.15, 0.2) is 11.6 Å². The highest BCUT2D eigenvalue weighted by atomic mass is 16.6. The van der Waals surface area contributed by atoms with Crippen molar-refractivity contribution >= 4 is 11.8 Å². The topological polar surface area (TPSA) is 119 Å².